The number of anilines is 1. The third-order valence-corrected chi connectivity index (χ3v) is 4.33. The number of carbonyl (C=O) groups excluding carboxylic acids is 1. The van der Waals surface area contributed by atoms with Gasteiger partial charge in [0.05, 0.1) is 11.3 Å². The van der Waals surface area contributed by atoms with Crippen LogP contribution < -0.4 is 4.90 Å². The predicted molar refractivity (Wildman–Crippen MR) is 103 cm³/mol. The molecular formula is C20H23N5O. The van der Waals surface area contributed by atoms with Crippen LogP contribution in [0.5, 0.6) is 0 Å². The Balaban J connectivity index is 1.66. The maximum atomic E-state index is 12.1. The quantitative estimate of drug-likeness (QED) is 0.686. The van der Waals surface area contributed by atoms with Crippen LogP contribution in [-0.2, 0) is 6.54 Å². The second kappa shape index (κ2) is 7.82. The number of amides is 1. The van der Waals surface area contributed by atoms with Crippen LogP contribution in [-0.4, -0.2) is 46.2 Å². The van der Waals surface area contributed by atoms with E-state index < -0.39 is 0 Å². The Morgan fingerprint density at radius 3 is 2.46 bits per heavy atom. The molecule has 0 saturated heterocycles. The highest BCUT2D eigenvalue weighted by Crippen LogP contribution is 2.15. The van der Waals surface area contributed by atoms with Crippen LogP contribution in [0.3, 0.4) is 0 Å². The smallest absolute Gasteiger partial charge is 0.255 e. The number of carbonyl (C=O) groups is 1. The number of benzene rings is 1. The molecule has 6 nitrogen and oxygen atoms in total. The standard InChI is InChI=1S/C20H23N5O/c1-4-23(2)20(26)17-8-11-19(21-14-17)24(3)15-16-6-9-18(10-7-16)25-13-5-12-22-25/h5-14H,4,15H2,1-3H3. The first-order valence-electron chi connectivity index (χ1n) is 8.60. The lowest BCUT2D eigenvalue weighted by atomic mass is 10.2. The summed E-state index contributed by atoms with van der Waals surface area (Å²) in [5, 5.41) is 4.23. The fraction of sp³-hybridized carbons (Fsp3) is 0.250. The largest absolute Gasteiger partial charge is 0.355 e. The Morgan fingerprint density at radius 2 is 1.88 bits per heavy atom. The van der Waals surface area contributed by atoms with Gasteiger partial charge >= 0.3 is 0 Å². The molecule has 0 bridgehead atoms. The SMILES string of the molecule is CCN(C)C(=O)c1ccc(N(C)Cc2ccc(-n3cccn3)cc2)nc1. The monoisotopic (exact) mass is 349 g/mol. The lowest BCUT2D eigenvalue weighted by Gasteiger charge is -2.19. The zero-order chi connectivity index (χ0) is 18.5. The first kappa shape index (κ1) is 17.7. The molecule has 134 valence electrons. The van der Waals surface area contributed by atoms with Gasteiger partial charge in [0.15, 0.2) is 0 Å². The van der Waals surface area contributed by atoms with Crippen LogP contribution in [0.25, 0.3) is 5.69 Å². The van der Waals surface area contributed by atoms with E-state index in [1.54, 1.807) is 24.3 Å². The zero-order valence-electron chi connectivity index (χ0n) is 15.3. The van der Waals surface area contributed by atoms with Crippen molar-refractivity contribution in [3.05, 3.63) is 72.2 Å². The predicted octanol–water partition coefficient (Wildman–Crippen LogP) is 3.00. The molecular weight excluding hydrogens is 326 g/mol. The summed E-state index contributed by atoms with van der Waals surface area (Å²) >= 11 is 0. The molecule has 1 amide bonds. The van der Waals surface area contributed by atoms with Crippen molar-refractivity contribution in [1.82, 2.24) is 19.7 Å². The molecule has 6 heteroatoms. The molecule has 0 atom stereocenters. The van der Waals surface area contributed by atoms with Crippen molar-refractivity contribution < 1.29 is 4.79 Å². The van der Waals surface area contributed by atoms with E-state index in [2.05, 4.69) is 27.1 Å². The molecule has 3 aromatic rings. The molecule has 0 aliphatic heterocycles. The van der Waals surface area contributed by atoms with Gasteiger partial charge in [-0.05, 0) is 42.8 Å². The number of aromatic nitrogens is 3. The molecule has 0 saturated carbocycles. The van der Waals surface area contributed by atoms with Gasteiger partial charge in [-0.3, -0.25) is 4.79 Å². The highest BCUT2D eigenvalue weighted by atomic mass is 16.2. The van der Waals surface area contributed by atoms with Crippen LogP contribution in [0.1, 0.15) is 22.8 Å². The lowest BCUT2D eigenvalue weighted by molar-refractivity contribution is 0.0802. The Kier molecular flexibility index (Phi) is 5.31. The van der Waals surface area contributed by atoms with Crippen LogP contribution in [0.15, 0.2) is 61.1 Å². The summed E-state index contributed by atoms with van der Waals surface area (Å²) < 4.78 is 1.83. The topological polar surface area (TPSA) is 54.3 Å². The average molecular weight is 349 g/mol. The Morgan fingerprint density at radius 1 is 1.12 bits per heavy atom. The summed E-state index contributed by atoms with van der Waals surface area (Å²) in [5.74, 6) is 0.820. The minimum absolute atomic E-state index is 0.0107. The fourth-order valence-electron chi connectivity index (χ4n) is 2.63. The van der Waals surface area contributed by atoms with E-state index in [-0.39, 0.29) is 5.91 Å². The summed E-state index contributed by atoms with van der Waals surface area (Å²) in [4.78, 5) is 20.3. The molecule has 26 heavy (non-hydrogen) atoms. The van der Waals surface area contributed by atoms with E-state index in [0.717, 1.165) is 18.1 Å². The second-order valence-electron chi connectivity index (χ2n) is 6.20. The van der Waals surface area contributed by atoms with E-state index in [1.165, 1.54) is 5.56 Å². The highest BCUT2D eigenvalue weighted by Gasteiger charge is 2.11. The number of rotatable bonds is 6. The summed E-state index contributed by atoms with van der Waals surface area (Å²) in [6, 6.07) is 13.9. The van der Waals surface area contributed by atoms with Gasteiger partial charge in [0.25, 0.3) is 5.91 Å². The first-order chi connectivity index (χ1) is 12.6. The number of pyridine rings is 1. The fourth-order valence-corrected chi connectivity index (χ4v) is 2.63. The van der Waals surface area contributed by atoms with Gasteiger partial charge in [0.1, 0.15) is 5.82 Å². The minimum Gasteiger partial charge on any atom is -0.355 e. The lowest BCUT2D eigenvalue weighted by Crippen LogP contribution is -2.26. The molecule has 2 heterocycles. The van der Waals surface area contributed by atoms with Crippen LogP contribution in [0.4, 0.5) is 5.82 Å². The van der Waals surface area contributed by atoms with Gasteiger partial charge in [0.2, 0.25) is 0 Å². The third-order valence-electron chi connectivity index (χ3n) is 4.33. The maximum Gasteiger partial charge on any atom is 0.255 e. The molecule has 0 spiro atoms. The van der Waals surface area contributed by atoms with E-state index >= 15 is 0 Å². The van der Waals surface area contributed by atoms with Crippen molar-refractivity contribution in [1.29, 1.82) is 0 Å². The van der Waals surface area contributed by atoms with Gasteiger partial charge < -0.3 is 9.80 Å². The average Bonchev–Trinajstić information content (AvgIpc) is 3.22. The molecule has 1 aromatic carbocycles. The Bertz CT molecular complexity index is 841. The normalized spacial score (nSPS) is 10.6. The summed E-state index contributed by atoms with van der Waals surface area (Å²) in [6.45, 7) is 3.36. The summed E-state index contributed by atoms with van der Waals surface area (Å²) in [7, 11) is 3.78. The Labute approximate surface area is 153 Å². The number of hydrogen-bond donors (Lipinski definition) is 0. The van der Waals surface area contributed by atoms with Crippen LogP contribution >= 0.6 is 0 Å². The summed E-state index contributed by atoms with van der Waals surface area (Å²) in [6.07, 6.45) is 5.32. The van der Waals surface area contributed by atoms with Gasteiger partial charge in [-0.2, -0.15) is 5.10 Å². The third kappa shape index (κ3) is 3.91. The van der Waals surface area contributed by atoms with Gasteiger partial charge in [0, 0.05) is 45.8 Å². The van der Waals surface area contributed by atoms with Crippen LogP contribution in [0.2, 0.25) is 0 Å². The first-order valence-corrected chi connectivity index (χ1v) is 8.60. The Hall–Kier alpha value is -3.15. The van der Waals surface area contributed by atoms with Crippen molar-refractivity contribution in [2.24, 2.45) is 0 Å². The van der Waals surface area contributed by atoms with Crippen molar-refractivity contribution in [3.63, 3.8) is 0 Å². The highest BCUT2D eigenvalue weighted by molar-refractivity contribution is 5.93. The van der Waals surface area contributed by atoms with Gasteiger partial charge in [-0.15, -0.1) is 0 Å². The van der Waals surface area contributed by atoms with E-state index in [1.807, 2.05) is 55.2 Å². The van der Waals surface area contributed by atoms with Gasteiger partial charge in [-0.1, -0.05) is 12.1 Å². The van der Waals surface area contributed by atoms with Crippen molar-refractivity contribution in [2.45, 2.75) is 13.5 Å². The molecule has 0 aliphatic rings. The molecule has 0 N–H and O–H groups in total. The van der Waals surface area contributed by atoms with Crippen LogP contribution in [0, 0.1) is 0 Å². The van der Waals surface area contributed by atoms with Gasteiger partial charge in [-0.25, -0.2) is 9.67 Å². The number of nitrogens with zero attached hydrogens (tertiary/aromatic N) is 5. The molecule has 0 aliphatic carbocycles. The van der Waals surface area contributed by atoms with Crippen molar-refractivity contribution in [2.75, 3.05) is 25.5 Å². The summed E-state index contributed by atoms with van der Waals surface area (Å²) in [5.41, 5.74) is 2.81. The van der Waals surface area contributed by atoms with E-state index in [0.29, 0.717) is 12.1 Å². The van der Waals surface area contributed by atoms with E-state index in [4.69, 9.17) is 0 Å². The molecule has 0 unspecified atom stereocenters. The van der Waals surface area contributed by atoms with E-state index in [9.17, 15) is 4.79 Å². The second-order valence-corrected chi connectivity index (χ2v) is 6.20. The zero-order valence-corrected chi connectivity index (χ0v) is 15.3. The molecule has 3 rings (SSSR count). The van der Waals surface area contributed by atoms with Crippen molar-refractivity contribution in [3.8, 4) is 5.69 Å². The van der Waals surface area contributed by atoms with Crippen molar-refractivity contribution >= 4 is 11.7 Å². The maximum absolute atomic E-state index is 12.1. The number of hydrogen-bond acceptors (Lipinski definition) is 4. The minimum atomic E-state index is -0.0107. The molecule has 0 radical (unpaired) electrons. The molecule has 2 aromatic heterocycles. The molecule has 0 fully saturated rings.